The highest BCUT2D eigenvalue weighted by Gasteiger charge is 2.09. The Kier molecular flexibility index (Phi) is 9.05. The molecule has 2 atom stereocenters. The van der Waals surface area contributed by atoms with E-state index in [-0.39, 0.29) is 25.0 Å². The number of alkyl carbamates (subject to hydrolysis) is 1. The zero-order valence-electron chi connectivity index (χ0n) is 14.4. The van der Waals surface area contributed by atoms with E-state index in [0.29, 0.717) is 12.3 Å². The smallest absolute Gasteiger partial charge is 0.410 e. The van der Waals surface area contributed by atoms with Crippen molar-refractivity contribution in [2.45, 2.75) is 25.5 Å². The van der Waals surface area contributed by atoms with Crippen LogP contribution in [0, 0.1) is 0 Å². The van der Waals surface area contributed by atoms with E-state index in [2.05, 4.69) is 15.4 Å². The lowest BCUT2D eigenvalue weighted by Crippen LogP contribution is -2.38. The number of carbonyl (C=O) groups excluding carboxylic acids is 2. The molecule has 5 N–H and O–H groups in total. The van der Waals surface area contributed by atoms with Crippen molar-refractivity contribution in [3.63, 3.8) is 0 Å². The predicted octanol–water partition coefficient (Wildman–Crippen LogP) is 0.607. The standard InChI is InChI=1S/C17H25N3O5/c1-12(9-16(18)22)20-10-14(21)11-25-15-5-3-13(4-6-15)7-8-19-17(23)24-2/h3-8,12,14,20-21H,9-11H2,1-2H3,(H2,18,22)(H,19,23). The molecule has 0 spiro atoms. The highest BCUT2D eigenvalue weighted by Crippen LogP contribution is 2.13. The van der Waals surface area contributed by atoms with Crippen LogP contribution < -0.4 is 21.1 Å². The molecule has 0 aromatic heterocycles. The summed E-state index contributed by atoms with van der Waals surface area (Å²) >= 11 is 0. The first kappa shape index (κ1) is 20.5. The summed E-state index contributed by atoms with van der Waals surface area (Å²) in [7, 11) is 1.29. The van der Waals surface area contributed by atoms with Crippen LogP contribution in [-0.2, 0) is 9.53 Å². The Hall–Kier alpha value is -2.58. The largest absolute Gasteiger partial charge is 0.491 e. The Morgan fingerprint density at radius 2 is 2.00 bits per heavy atom. The van der Waals surface area contributed by atoms with E-state index in [1.165, 1.54) is 13.3 Å². The van der Waals surface area contributed by atoms with Crippen molar-refractivity contribution in [3.8, 4) is 5.75 Å². The minimum atomic E-state index is -0.709. The fourth-order valence-electron chi connectivity index (χ4n) is 1.90. The summed E-state index contributed by atoms with van der Waals surface area (Å²) < 4.78 is 9.94. The molecule has 0 aliphatic carbocycles. The first-order valence-electron chi connectivity index (χ1n) is 7.84. The van der Waals surface area contributed by atoms with Crippen LogP contribution >= 0.6 is 0 Å². The van der Waals surface area contributed by atoms with Gasteiger partial charge < -0.3 is 25.6 Å². The molecule has 0 aliphatic rings. The first-order chi connectivity index (χ1) is 11.9. The molecule has 0 fully saturated rings. The predicted molar refractivity (Wildman–Crippen MR) is 93.8 cm³/mol. The van der Waals surface area contributed by atoms with Crippen LogP contribution in [0.5, 0.6) is 5.75 Å². The van der Waals surface area contributed by atoms with Gasteiger partial charge in [0.15, 0.2) is 0 Å². The second-order valence-corrected chi connectivity index (χ2v) is 5.48. The monoisotopic (exact) mass is 351 g/mol. The second kappa shape index (κ2) is 11.1. The molecule has 0 saturated carbocycles. The van der Waals surface area contributed by atoms with Crippen LogP contribution in [0.15, 0.2) is 30.5 Å². The lowest BCUT2D eigenvalue weighted by atomic mass is 10.2. The van der Waals surface area contributed by atoms with E-state index in [0.717, 1.165) is 5.56 Å². The molecular formula is C17H25N3O5. The van der Waals surface area contributed by atoms with Gasteiger partial charge >= 0.3 is 6.09 Å². The molecular weight excluding hydrogens is 326 g/mol. The Balaban J connectivity index is 2.33. The number of rotatable bonds is 10. The van der Waals surface area contributed by atoms with Crippen molar-refractivity contribution in [2.75, 3.05) is 20.3 Å². The third kappa shape index (κ3) is 9.33. The third-order valence-electron chi connectivity index (χ3n) is 3.19. The molecule has 8 nitrogen and oxygen atoms in total. The number of aliphatic hydroxyl groups is 1. The van der Waals surface area contributed by atoms with Gasteiger partial charge in [0.1, 0.15) is 18.5 Å². The van der Waals surface area contributed by atoms with Crippen LogP contribution in [0.4, 0.5) is 4.79 Å². The highest BCUT2D eigenvalue weighted by molar-refractivity contribution is 5.74. The van der Waals surface area contributed by atoms with Gasteiger partial charge in [0.2, 0.25) is 5.91 Å². The Bertz CT molecular complexity index is 574. The van der Waals surface area contributed by atoms with Crippen LogP contribution in [0.25, 0.3) is 6.08 Å². The average molecular weight is 351 g/mol. The van der Waals surface area contributed by atoms with E-state index >= 15 is 0 Å². The van der Waals surface area contributed by atoms with Crippen LogP contribution in [0.3, 0.4) is 0 Å². The number of methoxy groups -OCH3 is 1. The van der Waals surface area contributed by atoms with Crippen LogP contribution in [0.1, 0.15) is 18.9 Å². The van der Waals surface area contributed by atoms with E-state index in [1.807, 2.05) is 19.1 Å². The molecule has 0 radical (unpaired) electrons. The molecule has 0 aliphatic heterocycles. The number of carbonyl (C=O) groups is 2. The molecule has 0 bridgehead atoms. The van der Waals surface area contributed by atoms with Gasteiger partial charge in [0.25, 0.3) is 0 Å². The van der Waals surface area contributed by atoms with Crippen molar-refractivity contribution >= 4 is 18.1 Å². The molecule has 8 heteroatoms. The minimum absolute atomic E-state index is 0.100. The quantitative estimate of drug-likeness (QED) is 0.490. The van der Waals surface area contributed by atoms with Crippen LogP contribution in [0.2, 0.25) is 0 Å². The summed E-state index contributed by atoms with van der Waals surface area (Å²) in [5.41, 5.74) is 5.97. The van der Waals surface area contributed by atoms with E-state index in [1.54, 1.807) is 18.2 Å². The van der Waals surface area contributed by atoms with E-state index in [4.69, 9.17) is 10.5 Å². The van der Waals surface area contributed by atoms with Crippen molar-refractivity contribution in [1.82, 2.24) is 10.6 Å². The maximum Gasteiger partial charge on any atom is 0.410 e. The molecule has 0 saturated heterocycles. The van der Waals surface area contributed by atoms with Crippen molar-refractivity contribution in [2.24, 2.45) is 5.73 Å². The minimum Gasteiger partial charge on any atom is -0.491 e. The lowest BCUT2D eigenvalue weighted by Gasteiger charge is -2.16. The molecule has 2 unspecified atom stereocenters. The number of ether oxygens (including phenoxy) is 2. The molecule has 138 valence electrons. The number of nitrogens with two attached hydrogens (primary N) is 1. The maximum absolute atomic E-state index is 10.9. The summed E-state index contributed by atoms with van der Waals surface area (Å²) in [5, 5.41) is 15.3. The normalized spacial score (nSPS) is 13.2. The summed E-state index contributed by atoms with van der Waals surface area (Å²) in [6, 6.07) is 7.03. The van der Waals surface area contributed by atoms with Gasteiger partial charge in [0.05, 0.1) is 7.11 Å². The Morgan fingerprint density at radius 3 is 2.60 bits per heavy atom. The summed E-state index contributed by atoms with van der Waals surface area (Å²) in [5.74, 6) is 0.226. The summed E-state index contributed by atoms with van der Waals surface area (Å²) in [4.78, 5) is 21.7. The van der Waals surface area contributed by atoms with Gasteiger partial charge in [0, 0.05) is 25.2 Å². The topological polar surface area (TPSA) is 123 Å². The Labute approximate surface area is 147 Å². The van der Waals surface area contributed by atoms with Gasteiger partial charge in [-0.15, -0.1) is 0 Å². The average Bonchev–Trinajstić information content (AvgIpc) is 2.58. The van der Waals surface area contributed by atoms with Gasteiger partial charge in [-0.05, 0) is 30.7 Å². The molecule has 1 aromatic carbocycles. The van der Waals surface area contributed by atoms with Gasteiger partial charge in [-0.3, -0.25) is 10.1 Å². The lowest BCUT2D eigenvalue weighted by molar-refractivity contribution is -0.118. The van der Waals surface area contributed by atoms with Crippen LogP contribution in [-0.4, -0.2) is 49.5 Å². The third-order valence-corrected chi connectivity index (χ3v) is 3.19. The van der Waals surface area contributed by atoms with Gasteiger partial charge in [-0.1, -0.05) is 12.1 Å². The Morgan fingerprint density at radius 1 is 1.32 bits per heavy atom. The fourth-order valence-corrected chi connectivity index (χ4v) is 1.90. The molecule has 1 rings (SSSR count). The first-order valence-corrected chi connectivity index (χ1v) is 7.84. The number of aliphatic hydroxyl groups excluding tert-OH is 1. The fraction of sp³-hybridized carbons (Fsp3) is 0.412. The molecule has 1 aromatic rings. The SMILES string of the molecule is COC(=O)NC=Cc1ccc(OCC(O)CNC(C)CC(N)=O)cc1. The second-order valence-electron chi connectivity index (χ2n) is 5.48. The molecule has 25 heavy (non-hydrogen) atoms. The zero-order chi connectivity index (χ0) is 18.7. The summed E-state index contributed by atoms with van der Waals surface area (Å²) in [6.45, 7) is 2.24. The van der Waals surface area contributed by atoms with Gasteiger partial charge in [-0.25, -0.2) is 4.79 Å². The van der Waals surface area contributed by atoms with Crippen molar-refractivity contribution in [1.29, 1.82) is 0 Å². The number of hydrogen-bond acceptors (Lipinski definition) is 6. The summed E-state index contributed by atoms with van der Waals surface area (Å²) in [6.07, 6.45) is 2.15. The zero-order valence-corrected chi connectivity index (χ0v) is 14.4. The van der Waals surface area contributed by atoms with E-state index in [9.17, 15) is 14.7 Å². The highest BCUT2D eigenvalue weighted by atomic mass is 16.5. The number of nitrogens with one attached hydrogen (secondary N) is 2. The number of primary amides is 1. The van der Waals surface area contributed by atoms with Crippen molar-refractivity contribution < 1.29 is 24.2 Å². The van der Waals surface area contributed by atoms with Crippen molar-refractivity contribution in [3.05, 3.63) is 36.0 Å². The maximum atomic E-state index is 10.9. The number of benzene rings is 1. The molecule has 2 amide bonds. The number of amides is 2. The van der Waals surface area contributed by atoms with Gasteiger partial charge in [-0.2, -0.15) is 0 Å². The number of hydrogen-bond donors (Lipinski definition) is 4. The molecule has 0 heterocycles. The van der Waals surface area contributed by atoms with E-state index < -0.39 is 12.2 Å².